The molecule has 32 heavy (non-hydrogen) atoms. The van der Waals surface area contributed by atoms with E-state index in [0.29, 0.717) is 29.1 Å². The van der Waals surface area contributed by atoms with Crippen molar-refractivity contribution >= 4 is 56.6 Å². The second-order valence-electron chi connectivity index (χ2n) is 6.87. The smallest absolute Gasteiger partial charge is 0.266 e. The van der Waals surface area contributed by atoms with E-state index in [4.69, 9.17) is 21.1 Å². The summed E-state index contributed by atoms with van der Waals surface area (Å²) in [5, 5.41) is 1.31. The van der Waals surface area contributed by atoms with Crippen molar-refractivity contribution in [1.82, 2.24) is 9.88 Å². The number of hydrogen-bond acceptors (Lipinski definition) is 6. The molecule has 1 aromatic heterocycles. The van der Waals surface area contributed by atoms with E-state index in [1.165, 1.54) is 11.3 Å². The van der Waals surface area contributed by atoms with E-state index >= 15 is 0 Å². The summed E-state index contributed by atoms with van der Waals surface area (Å²) in [5.41, 5.74) is 0.831. The van der Waals surface area contributed by atoms with Crippen LogP contribution in [0.2, 0.25) is 5.02 Å². The number of halogens is 2. The predicted molar refractivity (Wildman–Crippen MR) is 135 cm³/mol. The van der Waals surface area contributed by atoms with E-state index in [0.717, 1.165) is 35.6 Å². The lowest BCUT2D eigenvalue weighted by atomic mass is 10.3. The standard InChI is InChI=1S/C23H28ClN3O3S.ClH/c1-4-26(5-2)13-14-27(23-25-20-12-7-17(24)15-21(20)31-23)22(28)16-30-19-10-8-18(9-11-19)29-6-3;/h7-12,15H,4-6,13-14,16H2,1-3H3;1H. The zero-order chi connectivity index (χ0) is 22.2. The van der Waals surface area contributed by atoms with Crippen LogP contribution in [0.4, 0.5) is 5.13 Å². The van der Waals surface area contributed by atoms with Gasteiger partial charge in [-0.2, -0.15) is 0 Å². The van der Waals surface area contributed by atoms with Crippen LogP contribution in [0.1, 0.15) is 20.8 Å². The van der Waals surface area contributed by atoms with Crippen molar-refractivity contribution in [1.29, 1.82) is 0 Å². The number of benzene rings is 2. The minimum atomic E-state index is -0.133. The Bertz CT molecular complexity index is 994. The van der Waals surface area contributed by atoms with Crippen LogP contribution in [-0.4, -0.2) is 55.2 Å². The lowest BCUT2D eigenvalue weighted by molar-refractivity contribution is -0.120. The first kappa shape index (κ1) is 26.2. The molecule has 0 atom stereocenters. The number of nitrogens with zero attached hydrogens (tertiary/aromatic N) is 3. The first-order chi connectivity index (χ1) is 15.0. The van der Waals surface area contributed by atoms with Crippen molar-refractivity contribution in [2.45, 2.75) is 20.8 Å². The second kappa shape index (κ2) is 12.8. The van der Waals surface area contributed by atoms with Crippen molar-refractivity contribution < 1.29 is 14.3 Å². The SMILES string of the molecule is CCOc1ccc(OCC(=O)N(CCN(CC)CC)c2nc3ccc(Cl)cc3s2)cc1.Cl. The topological polar surface area (TPSA) is 54.9 Å². The molecule has 0 aliphatic rings. The highest BCUT2D eigenvalue weighted by molar-refractivity contribution is 7.22. The quantitative estimate of drug-likeness (QED) is 0.348. The van der Waals surface area contributed by atoms with Gasteiger partial charge in [0.05, 0.1) is 16.8 Å². The second-order valence-corrected chi connectivity index (χ2v) is 8.32. The highest BCUT2D eigenvalue weighted by atomic mass is 35.5. The molecule has 3 rings (SSSR count). The van der Waals surface area contributed by atoms with Gasteiger partial charge in [0.25, 0.3) is 5.91 Å². The van der Waals surface area contributed by atoms with E-state index in [1.54, 1.807) is 17.0 Å². The first-order valence-corrected chi connectivity index (χ1v) is 11.7. The van der Waals surface area contributed by atoms with Gasteiger partial charge in [-0.1, -0.05) is 36.8 Å². The van der Waals surface area contributed by atoms with Gasteiger partial charge in [-0.3, -0.25) is 9.69 Å². The lowest BCUT2D eigenvalue weighted by Gasteiger charge is -2.24. The number of anilines is 1. The Hall–Kier alpha value is -2.06. The fourth-order valence-corrected chi connectivity index (χ4v) is 4.42. The number of ether oxygens (including phenoxy) is 2. The Labute approximate surface area is 204 Å². The molecule has 0 aliphatic heterocycles. The molecule has 0 saturated heterocycles. The van der Waals surface area contributed by atoms with Crippen molar-refractivity contribution in [2.75, 3.05) is 44.3 Å². The van der Waals surface area contributed by atoms with Crippen molar-refractivity contribution in [2.24, 2.45) is 0 Å². The summed E-state index contributed by atoms with van der Waals surface area (Å²) in [7, 11) is 0. The number of amides is 1. The van der Waals surface area contributed by atoms with Gasteiger partial charge in [-0.05, 0) is 62.5 Å². The number of likely N-dealkylation sites (N-methyl/N-ethyl adjacent to an activating group) is 1. The first-order valence-electron chi connectivity index (χ1n) is 10.5. The van der Waals surface area contributed by atoms with Crippen LogP contribution >= 0.6 is 35.3 Å². The maximum Gasteiger partial charge on any atom is 0.266 e. The summed E-state index contributed by atoms with van der Waals surface area (Å²) >= 11 is 7.58. The van der Waals surface area contributed by atoms with E-state index in [-0.39, 0.29) is 24.9 Å². The third-order valence-electron chi connectivity index (χ3n) is 4.90. The molecule has 6 nitrogen and oxygen atoms in total. The average Bonchev–Trinajstić information content (AvgIpc) is 3.19. The average molecular weight is 498 g/mol. The van der Waals surface area contributed by atoms with Gasteiger partial charge in [-0.25, -0.2) is 4.98 Å². The Morgan fingerprint density at radius 1 is 1.00 bits per heavy atom. The largest absolute Gasteiger partial charge is 0.494 e. The molecule has 0 N–H and O–H groups in total. The molecule has 0 radical (unpaired) electrons. The fourth-order valence-electron chi connectivity index (χ4n) is 3.13. The molecule has 0 bridgehead atoms. The van der Waals surface area contributed by atoms with Crippen LogP contribution in [-0.2, 0) is 4.79 Å². The van der Waals surface area contributed by atoms with Crippen LogP contribution in [0.15, 0.2) is 42.5 Å². The lowest BCUT2D eigenvalue weighted by Crippen LogP contribution is -2.41. The number of thiazole rings is 1. The number of carbonyl (C=O) groups excluding carboxylic acids is 1. The summed E-state index contributed by atoms with van der Waals surface area (Å²) in [4.78, 5) is 21.8. The van der Waals surface area contributed by atoms with Gasteiger partial charge in [0.2, 0.25) is 0 Å². The molecule has 0 fully saturated rings. The van der Waals surface area contributed by atoms with Gasteiger partial charge in [0.1, 0.15) is 11.5 Å². The van der Waals surface area contributed by atoms with Gasteiger partial charge < -0.3 is 14.4 Å². The molecular weight excluding hydrogens is 469 g/mol. The zero-order valence-electron chi connectivity index (χ0n) is 18.5. The molecule has 1 amide bonds. The predicted octanol–water partition coefficient (Wildman–Crippen LogP) is 5.52. The van der Waals surface area contributed by atoms with Crippen molar-refractivity contribution in [3.63, 3.8) is 0 Å². The number of rotatable bonds is 11. The van der Waals surface area contributed by atoms with E-state index < -0.39 is 0 Å². The Morgan fingerprint density at radius 3 is 2.28 bits per heavy atom. The maximum absolute atomic E-state index is 13.1. The van der Waals surface area contributed by atoms with Gasteiger partial charge in [-0.15, -0.1) is 12.4 Å². The van der Waals surface area contributed by atoms with Crippen LogP contribution < -0.4 is 14.4 Å². The Kier molecular flexibility index (Phi) is 10.5. The van der Waals surface area contributed by atoms with E-state index in [1.807, 2.05) is 37.3 Å². The number of hydrogen-bond donors (Lipinski definition) is 0. The normalized spacial score (nSPS) is 10.8. The van der Waals surface area contributed by atoms with E-state index in [2.05, 4.69) is 23.7 Å². The van der Waals surface area contributed by atoms with E-state index in [9.17, 15) is 4.79 Å². The zero-order valence-corrected chi connectivity index (χ0v) is 20.9. The van der Waals surface area contributed by atoms with Crippen LogP contribution in [0.5, 0.6) is 11.5 Å². The molecule has 2 aromatic carbocycles. The monoisotopic (exact) mass is 497 g/mol. The highest BCUT2D eigenvalue weighted by Crippen LogP contribution is 2.31. The summed E-state index contributed by atoms with van der Waals surface area (Å²) in [6, 6.07) is 12.8. The minimum Gasteiger partial charge on any atom is -0.494 e. The third-order valence-corrected chi connectivity index (χ3v) is 6.18. The highest BCUT2D eigenvalue weighted by Gasteiger charge is 2.21. The Balaban J connectivity index is 0.00000363. The molecule has 0 spiro atoms. The molecule has 174 valence electrons. The third kappa shape index (κ3) is 6.97. The van der Waals surface area contributed by atoms with Gasteiger partial charge in [0.15, 0.2) is 11.7 Å². The van der Waals surface area contributed by atoms with Gasteiger partial charge >= 0.3 is 0 Å². The fraction of sp³-hybridized carbons (Fsp3) is 0.391. The number of carbonyl (C=O) groups is 1. The summed E-state index contributed by atoms with van der Waals surface area (Å²) in [6.07, 6.45) is 0. The molecule has 1 heterocycles. The minimum absolute atomic E-state index is 0. The van der Waals surface area contributed by atoms with Crippen molar-refractivity contribution in [3.8, 4) is 11.5 Å². The Morgan fingerprint density at radius 2 is 1.66 bits per heavy atom. The molecule has 0 saturated carbocycles. The number of fused-ring (bicyclic) bond motifs is 1. The van der Waals surface area contributed by atoms with Crippen molar-refractivity contribution in [3.05, 3.63) is 47.5 Å². The maximum atomic E-state index is 13.1. The summed E-state index contributed by atoms with van der Waals surface area (Å²) < 4.78 is 12.1. The van der Waals surface area contributed by atoms with Crippen LogP contribution in [0.3, 0.4) is 0 Å². The van der Waals surface area contributed by atoms with Crippen LogP contribution in [0.25, 0.3) is 10.2 Å². The number of aromatic nitrogens is 1. The molecule has 0 aliphatic carbocycles. The molecule has 0 unspecified atom stereocenters. The van der Waals surface area contributed by atoms with Gasteiger partial charge in [0, 0.05) is 18.1 Å². The summed E-state index contributed by atoms with van der Waals surface area (Å²) in [6.45, 7) is 9.86. The molecule has 9 heteroatoms. The molecule has 3 aromatic rings. The molecular formula is C23H29Cl2N3O3S. The summed E-state index contributed by atoms with van der Waals surface area (Å²) in [5.74, 6) is 1.26. The van der Waals surface area contributed by atoms with Crippen LogP contribution in [0, 0.1) is 0 Å².